The fraction of sp³-hybridized carbons (Fsp3) is 0.300. The van der Waals surface area contributed by atoms with E-state index in [4.69, 9.17) is 18.3 Å². The van der Waals surface area contributed by atoms with Gasteiger partial charge in [0.2, 0.25) is 0 Å². The smallest absolute Gasteiger partial charge is 0.320 e. The standard InChI is InChI=1S/C10H13NO3/c1-14-8-4-2-7(3-5-8)6-9(11)10(12)13/h2-5,9H,6,11H2,1H3,(H,12,13)/t9-/m1/s1/i6D,9D/t6-,9-. The molecule has 0 saturated heterocycles. The number of carboxylic acid groups (broad SMARTS) is 1. The Morgan fingerprint density at radius 1 is 1.71 bits per heavy atom. The van der Waals surface area contributed by atoms with Crippen molar-refractivity contribution in [3.8, 4) is 5.75 Å². The lowest BCUT2D eigenvalue weighted by molar-refractivity contribution is -0.138. The van der Waals surface area contributed by atoms with Gasteiger partial charge < -0.3 is 15.6 Å². The van der Waals surface area contributed by atoms with Gasteiger partial charge in [0, 0.05) is 1.37 Å². The Morgan fingerprint density at radius 3 is 2.71 bits per heavy atom. The number of benzene rings is 1. The van der Waals surface area contributed by atoms with E-state index in [1.165, 1.54) is 19.2 Å². The van der Waals surface area contributed by atoms with Crippen LogP contribution in [0.2, 0.25) is 0 Å². The maximum Gasteiger partial charge on any atom is 0.320 e. The summed E-state index contributed by atoms with van der Waals surface area (Å²) < 4.78 is 19.9. The molecule has 0 aliphatic heterocycles. The van der Waals surface area contributed by atoms with Crippen LogP contribution in [0.15, 0.2) is 24.3 Å². The Balaban J connectivity index is 2.96. The predicted molar refractivity (Wildman–Crippen MR) is 52.3 cm³/mol. The molecule has 1 aromatic rings. The third kappa shape index (κ3) is 2.74. The van der Waals surface area contributed by atoms with Crippen LogP contribution in [-0.2, 0) is 11.2 Å². The van der Waals surface area contributed by atoms with Gasteiger partial charge in [-0.3, -0.25) is 4.79 Å². The van der Waals surface area contributed by atoms with Crippen molar-refractivity contribution in [3.63, 3.8) is 0 Å². The summed E-state index contributed by atoms with van der Waals surface area (Å²) in [5.74, 6) is -0.929. The van der Waals surface area contributed by atoms with Gasteiger partial charge in [-0.15, -0.1) is 0 Å². The molecule has 1 rings (SSSR count). The molecule has 0 fully saturated rings. The third-order valence-electron chi connectivity index (χ3n) is 1.68. The van der Waals surface area contributed by atoms with Crippen LogP contribution in [-0.4, -0.2) is 24.2 Å². The van der Waals surface area contributed by atoms with Crippen LogP contribution >= 0.6 is 0 Å². The molecular weight excluding hydrogens is 182 g/mol. The zero-order chi connectivity index (χ0) is 12.3. The first kappa shape index (κ1) is 7.82. The molecule has 0 unspecified atom stereocenters. The average molecular weight is 197 g/mol. The first-order valence-electron chi connectivity index (χ1n) is 5.05. The van der Waals surface area contributed by atoms with Gasteiger partial charge in [-0.2, -0.15) is 0 Å². The molecule has 0 spiro atoms. The Morgan fingerprint density at radius 2 is 2.29 bits per heavy atom. The minimum atomic E-state index is -2.35. The van der Waals surface area contributed by atoms with Crippen molar-refractivity contribution in [1.29, 1.82) is 0 Å². The first-order valence-corrected chi connectivity index (χ1v) is 3.98. The van der Waals surface area contributed by atoms with E-state index in [2.05, 4.69) is 0 Å². The molecule has 0 aromatic heterocycles. The summed E-state index contributed by atoms with van der Waals surface area (Å²) in [6.45, 7) is 0. The molecule has 14 heavy (non-hydrogen) atoms. The molecule has 4 heteroatoms. The molecule has 4 nitrogen and oxygen atoms in total. The number of aliphatic carboxylic acids is 1. The van der Waals surface area contributed by atoms with Crippen LogP contribution in [0, 0.1) is 0 Å². The minimum Gasteiger partial charge on any atom is -0.497 e. The monoisotopic (exact) mass is 197 g/mol. The van der Waals surface area contributed by atoms with Crippen molar-refractivity contribution in [2.75, 3.05) is 7.11 Å². The SMILES string of the molecule is [2H][C@H](c1ccc(OC)cc1)[C@@]([2H])(N)C(=O)O. The molecule has 1 aromatic carbocycles. The van der Waals surface area contributed by atoms with E-state index in [-0.39, 0.29) is 0 Å². The molecule has 0 aliphatic carbocycles. The highest BCUT2D eigenvalue weighted by atomic mass is 16.5. The Hall–Kier alpha value is -1.55. The van der Waals surface area contributed by atoms with Gasteiger partial charge in [0.15, 0.2) is 0 Å². The summed E-state index contributed by atoms with van der Waals surface area (Å²) in [6.07, 6.45) is -1.35. The van der Waals surface area contributed by atoms with E-state index in [1.54, 1.807) is 12.1 Å². The summed E-state index contributed by atoms with van der Waals surface area (Å²) >= 11 is 0. The summed E-state index contributed by atoms with van der Waals surface area (Å²) in [4.78, 5) is 10.7. The summed E-state index contributed by atoms with van der Waals surface area (Å²) in [5.41, 5.74) is 5.62. The Labute approximate surface area is 85.1 Å². The molecule has 0 saturated carbocycles. The number of hydrogen-bond donors (Lipinski definition) is 2. The second-order valence-corrected chi connectivity index (χ2v) is 2.68. The molecule has 2 atom stereocenters. The molecule has 0 amide bonds. The fourth-order valence-electron chi connectivity index (χ4n) is 0.941. The zero-order valence-corrected chi connectivity index (χ0v) is 7.73. The number of carboxylic acids is 1. The van der Waals surface area contributed by atoms with E-state index in [1.807, 2.05) is 0 Å². The topological polar surface area (TPSA) is 72.5 Å². The maximum atomic E-state index is 10.7. The van der Waals surface area contributed by atoms with E-state index in [0.29, 0.717) is 11.3 Å². The highest BCUT2D eigenvalue weighted by molar-refractivity contribution is 5.73. The molecule has 76 valence electrons. The van der Waals surface area contributed by atoms with E-state index in [9.17, 15) is 4.79 Å². The summed E-state index contributed by atoms with van der Waals surface area (Å²) in [5, 5.41) is 8.72. The molecule has 0 heterocycles. The van der Waals surface area contributed by atoms with E-state index >= 15 is 0 Å². The normalized spacial score (nSPS) is 18.7. The van der Waals surface area contributed by atoms with Gasteiger partial charge in [-0.05, 0) is 24.1 Å². The van der Waals surface area contributed by atoms with Crippen molar-refractivity contribution in [2.45, 2.75) is 12.4 Å². The average Bonchev–Trinajstić information content (AvgIpc) is 2.28. The first-order chi connectivity index (χ1) is 7.39. The van der Waals surface area contributed by atoms with Gasteiger partial charge in [0.25, 0.3) is 0 Å². The van der Waals surface area contributed by atoms with Gasteiger partial charge in [-0.1, -0.05) is 12.1 Å². The van der Waals surface area contributed by atoms with Crippen LogP contribution in [0.1, 0.15) is 8.30 Å². The van der Waals surface area contributed by atoms with Crippen molar-refractivity contribution in [1.82, 2.24) is 0 Å². The Bertz CT molecular complexity index is 378. The number of carbonyl (C=O) groups is 1. The number of hydrogen-bond acceptors (Lipinski definition) is 3. The molecule has 0 aliphatic rings. The zero-order valence-electron chi connectivity index (χ0n) is 9.73. The lowest BCUT2D eigenvalue weighted by Crippen LogP contribution is -2.32. The number of ether oxygens (including phenoxy) is 1. The van der Waals surface area contributed by atoms with Crippen molar-refractivity contribution < 1.29 is 17.4 Å². The number of rotatable bonds is 4. The molecule has 0 bridgehead atoms. The molecule has 3 N–H and O–H groups in total. The number of methoxy groups -OCH3 is 1. The van der Waals surface area contributed by atoms with Gasteiger partial charge in [0.1, 0.15) is 11.8 Å². The minimum absolute atomic E-state index is 0.362. The van der Waals surface area contributed by atoms with E-state index < -0.39 is 18.4 Å². The van der Waals surface area contributed by atoms with Crippen LogP contribution in [0.5, 0.6) is 5.75 Å². The quantitative estimate of drug-likeness (QED) is 0.743. The highest BCUT2D eigenvalue weighted by Gasteiger charge is 2.11. The lowest BCUT2D eigenvalue weighted by atomic mass is 10.1. The van der Waals surface area contributed by atoms with Gasteiger partial charge >= 0.3 is 5.97 Å². The van der Waals surface area contributed by atoms with Gasteiger partial charge in [0.05, 0.1) is 8.48 Å². The predicted octanol–water partition coefficient (Wildman–Crippen LogP) is 0.650. The van der Waals surface area contributed by atoms with Crippen molar-refractivity contribution in [3.05, 3.63) is 29.8 Å². The molecule has 0 radical (unpaired) electrons. The van der Waals surface area contributed by atoms with Crippen LogP contribution in [0.3, 0.4) is 0 Å². The molecular formula is C10H13NO3. The lowest BCUT2D eigenvalue weighted by Gasteiger charge is -2.06. The summed E-state index contributed by atoms with van der Waals surface area (Å²) in [6, 6.07) is 3.88. The second-order valence-electron chi connectivity index (χ2n) is 2.68. The number of nitrogens with two attached hydrogens (primary N) is 1. The second kappa shape index (κ2) is 4.62. The summed E-state index contributed by atoms with van der Waals surface area (Å²) in [7, 11) is 1.50. The van der Waals surface area contributed by atoms with Crippen molar-refractivity contribution >= 4 is 5.97 Å². The van der Waals surface area contributed by atoms with Crippen molar-refractivity contribution in [2.24, 2.45) is 5.73 Å². The highest BCUT2D eigenvalue weighted by Crippen LogP contribution is 2.12. The fourth-order valence-corrected chi connectivity index (χ4v) is 0.941. The largest absolute Gasteiger partial charge is 0.497 e. The van der Waals surface area contributed by atoms with Gasteiger partial charge in [-0.25, -0.2) is 0 Å². The van der Waals surface area contributed by atoms with E-state index in [0.717, 1.165) is 0 Å². The Kier molecular flexibility index (Phi) is 2.58. The van der Waals surface area contributed by atoms with Crippen LogP contribution in [0.4, 0.5) is 0 Å². The maximum absolute atomic E-state index is 10.7. The van der Waals surface area contributed by atoms with Crippen LogP contribution in [0.25, 0.3) is 0 Å². The van der Waals surface area contributed by atoms with Crippen LogP contribution < -0.4 is 10.5 Å². The third-order valence-corrected chi connectivity index (χ3v) is 1.68.